The molecule has 2 unspecified atom stereocenters. The number of rotatable bonds is 3. The fourth-order valence-corrected chi connectivity index (χ4v) is 4.06. The molecule has 1 amide bonds. The molecule has 2 N–H and O–H groups in total. The highest BCUT2D eigenvalue weighted by Gasteiger charge is 2.36. The van der Waals surface area contributed by atoms with Gasteiger partial charge in [0.15, 0.2) is 0 Å². The van der Waals surface area contributed by atoms with E-state index in [1.54, 1.807) is 0 Å². The molecule has 2 saturated heterocycles. The van der Waals surface area contributed by atoms with Crippen molar-refractivity contribution >= 4 is 6.09 Å². The van der Waals surface area contributed by atoms with E-state index in [4.69, 9.17) is 4.74 Å². The highest BCUT2D eigenvalue weighted by atomic mass is 16.6. The van der Waals surface area contributed by atoms with Gasteiger partial charge < -0.3 is 20.3 Å². The van der Waals surface area contributed by atoms with Crippen LogP contribution in [-0.2, 0) is 4.74 Å². The number of hydrogen-bond acceptors (Lipinski definition) is 4. The van der Waals surface area contributed by atoms with Crippen molar-refractivity contribution in [1.82, 2.24) is 15.5 Å². The molecule has 3 fully saturated rings. The molecule has 0 bridgehead atoms. The normalized spacial score (nSPS) is 35.6. The summed E-state index contributed by atoms with van der Waals surface area (Å²) in [6.45, 7) is 8.25. The van der Waals surface area contributed by atoms with Crippen LogP contribution in [0.1, 0.15) is 59.3 Å². The minimum Gasteiger partial charge on any atom is -0.444 e. The summed E-state index contributed by atoms with van der Waals surface area (Å²) in [7, 11) is 0. The van der Waals surface area contributed by atoms with Crippen LogP contribution in [0, 0.1) is 0 Å². The average Bonchev–Trinajstić information content (AvgIpc) is 2.81. The van der Waals surface area contributed by atoms with Gasteiger partial charge in [-0.1, -0.05) is 0 Å². The Morgan fingerprint density at radius 2 is 1.82 bits per heavy atom. The number of piperidine rings is 1. The molecule has 0 radical (unpaired) electrons. The third-order valence-electron chi connectivity index (χ3n) is 5.15. The molecule has 3 rings (SSSR count). The Labute approximate surface area is 134 Å². The topological polar surface area (TPSA) is 53.6 Å². The second-order valence-electron chi connectivity index (χ2n) is 8.23. The summed E-state index contributed by atoms with van der Waals surface area (Å²) in [6, 6.07) is 2.34. The van der Waals surface area contributed by atoms with Gasteiger partial charge in [0.1, 0.15) is 5.60 Å². The van der Waals surface area contributed by atoms with Crippen molar-refractivity contribution < 1.29 is 9.53 Å². The maximum absolute atomic E-state index is 11.7. The maximum atomic E-state index is 11.7. The average molecular weight is 309 g/mol. The lowest BCUT2D eigenvalue weighted by molar-refractivity contribution is 0.0458. The van der Waals surface area contributed by atoms with Gasteiger partial charge in [-0.2, -0.15) is 0 Å². The zero-order chi connectivity index (χ0) is 15.7. The molecule has 0 aromatic rings. The Bertz CT molecular complexity index is 401. The lowest BCUT2D eigenvalue weighted by Gasteiger charge is -2.42. The molecule has 2 heterocycles. The van der Waals surface area contributed by atoms with Crippen LogP contribution in [0.15, 0.2) is 0 Å². The summed E-state index contributed by atoms with van der Waals surface area (Å²) in [5.41, 5.74) is -0.416. The Hall–Kier alpha value is -0.810. The van der Waals surface area contributed by atoms with Crippen LogP contribution in [0.5, 0.6) is 0 Å². The largest absolute Gasteiger partial charge is 0.444 e. The van der Waals surface area contributed by atoms with Gasteiger partial charge in [-0.3, -0.25) is 0 Å². The van der Waals surface area contributed by atoms with Crippen molar-refractivity contribution in [3.05, 3.63) is 0 Å². The van der Waals surface area contributed by atoms with E-state index < -0.39 is 5.60 Å². The predicted molar refractivity (Wildman–Crippen MR) is 86.9 cm³/mol. The lowest BCUT2D eigenvalue weighted by Crippen LogP contribution is -2.57. The second-order valence-corrected chi connectivity index (χ2v) is 8.23. The summed E-state index contributed by atoms with van der Waals surface area (Å²) in [5.74, 6) is 0. The summed E-state index contributed by atoms with van der Waals surface area (Å²) in [5, 5.41) is 6.77. The monoisotopic (exact) mass is 309 g/mol. The Balaban J connectivity index is 1.33. The SMILES string of the molecule is CC(C)(C)OC(=O)NC1CC(NC2CCN3CCCC3C2)C1. The number of ether oxygens (including phenoxy) is 1. The summed E-state index contributed by atoms with van der Waals surface area (Å²) < 4.78 is 5.30. The van der Waals surface area contributed by atoms with E-state index in [-0.39, 0.29) is 12.1 Å². The molecule has 2 aliphatic heterocycles. The van der Waals surface area contributed by atoms with Crippen molar-refractivity contribution in [3.8, 4) is 0 Å². The lowest BCUT2D eigenvalue weighted by atomic mass is 9.85. The molecule has 2 atom stereocenters. The smallest absolute Gasteiger partial charge is 0.407 e. The van der Waals surface area contributed by atoms with Gasteiger partial charge in [0.05, 0.1) is 0 Å². The second kappa shape index (κ2) is 6.36. The molecule has 126 valence electrons. The van der Waals surface area contributed by atoms with E-state index >= 15 is 0 Å². The van der Waals surface area contributed by atoms with Crippen molar-refractivity contribution in [2.45, 2.75) is 89.1 Å². The van der Waals surface area contributed by atoms with Gasteiger partial charge in [0.25, 0.3) is 0 Å². The first kappa shape index (κ1) is 16.1. The van der Waals surface area contributed by atoms with Crippen molar-refractivity contribution in [2.24, 2.45) is 0 Å². The van der Waals surface area contributed by atoms with Gasteiger partial charge in [0.2, 0.25) is 0 Å². The van der Waals surface area contributed by atoms with Crippen LogP contribution in [0.4, 0.5) is 4.79 Å². The first-order valence-electron chi connectivity index (χ1n) is 8.89. The molecular formula is C17H31N3O2. The number of carbonyl (C=O) groups is 1. The van der Waals surface area contributed by atoms with Gasteiger partial charge in [0, 0.05) is 24.2 Å². The third kappa shape index (κ3) is 4.13. The summed E-state index contributed by atoms with van der Waals surface area (Å²) in [6.07, 6.45) is 7.12. The fraction of sp³-hybridized carbons (Fsp3) is 0.941. The molecule has 0 aromatic carbocycles. The number of carbonyl (C=O) groups excluding carboxylic acids is 1. The highest BCUT2D eigenvalue weighted by Crippen LogP contribution is 2.29. The number of amides is 1. The Morgan fingerprint density at radius 3 is 2.55 bits per heavy atom. The zero-order valence-electron chi connectivity index (χ0n) is 14.2. The fourth-order valence-electron chi connectivity index (χ4n) is 4.06. The van der Waals surface area contributed by atoms with Gasteiger partial charge in [-0.25, -0.2) is 4.79 Å². The van der Waals surface area contributed by atoms with Gasteiger partial charge in [-0.15, -0.1) is 0 Å². The molecule has 1 saturated carbocycles. The van der Waals surface area contributed by atoms with E-state index in [1.165, 1.54) is 38.8 Å². The van der Waals surface area contributed by atoms with Crippen LogP contribution < -0.4 is 10.6 Å². The molecular weight excluding hydrogens is 278 g/mol. The van der Waals surface area contributed by atoms with Crippen molar-refractivity contribution in [3.63, 3.8) is 0 Å². The molecule has 3 aliphatic rings. The molecule has 5 heteroatoms. The first-order valence-corrected chi connectivity index (χ1v) is 8.89. The van der Waals surface area contributed by atoms with E-state index in [0.717, 1.165) is 18.9 Å². The standard InChI is InChI=1S/C17H31N3O2/c1-17(2,3)22-16(21)19-14-9-13(10-14)18-12-6-8-20-7-4-5-15(20)11-12/h12-15,18H,4-11H2,1-3H3,(H,19,21). The molecule has 22 heavy (non-hydrogen) atoms. The zero-order valence-corrected chi connectivity index (χ0v) is 14.2. The van der Waals surface area contributed by atoms with E-state index in [2.05, 4.69) is 15.5 Å². The van der Waals surface area contributed by atoms with E-state index in [0.29, 0.717) is 12.1 Å². The third-order valence-corrected chi connectivity index (χ3v) is 5.15. The molecule has 0 aromatic heterocycles. The van der Waals surface area contributed by atoms with Crippen LogP contribution in [0.3, 0.4) is 0 Å². The number of hydrogen-bond donors (Lipinski definition) is 2. The predicted octanol–water partition coefficient (Wildman–Crippen LogP) is 2.26. The van der Waals surface area contributed by atoms with Crippen LogP contribution >= 0.6 is 0 Å². The van der Waals surface area contributed by atoms with Crippen molar-refractivity contribution in [2.75, 3.05) is 13.1 Å². The van der Waals surface area contributed by atoms with E-state index in [9.17, 15) is 4.79 Å². The van der Waals surface area contributed by atoms with Crippen LogP contribution in [0.2, 0.25) is 0 Å². The number of nitrogens with zero attached hydrogens (tertiary/aromatic N) is 1. The number of nitrogens with one attached hydrogen (secondary N) is 2. The highest BCUT2D eigenvalue weighted by molar-refractivity contribution is 5.68. The maximum Gasteiger partial charge on any atom is 0.407 e. The quantitative estimate of drug-likeness (QED) is 0.839. The summed E-state index contributed by atoms with van der Waals surface area (Å²) >= 11 is 0. The van der Waals surface area contributed by atoms with E-state index in [1.807, 2.05) is 20.8 Å². The minimum absolute atomic E-state index is 0.277. The van der Waals surface area contributed by atoms with Gasteiger partial charge in [-0.05, 0) is 72.4 Å². The number of alkyl carbamates (subject to hydrolysis) is 1. The molecule has 5 nitrogen and oxygen atoms in total. The summed E-state index contributed by atoms with van der Waals surface area (Å²) in [4.78, 5) is 14.4. The molecule has 0 spiro atoms. The van der Waals surface area contributed by atoms with Crippen LogP contribution in [0.25, 0.3) is 0 Å². The first-order chi connectivity index (χ1) is 10.4. The van der Waals surface area contributed by atoms with Crippen LogP contribution in [-0.4, -0.2) is 53.9 Å². The minimum atomic E-state index is -0.416. The Kier molecular flexibility index (Phi) is 4.64. The molecule has 1 aliphatic carbocycles. The van der Waals surface area contributed by atoms with Crippen molar-refractivity contribution in [1.29, 1.82) is 0 Å². The number of fused-ring (bicyclic) bond motifs is 1. The van der Waals surface area contributed by atoms with Gasteiger partial charge >= 0.3 is 6.09 Å². The Morgan fingerprint density at radius 1 is 1.05 bits per heavy atom.